The van der Waals surface area contributed by atoms with Crippen molar-refractivity contribution in [1.29, 1.82) is 0 Å². The average molecular weight is 142 g/mol. The van der Waals surface area contributed by atoms with E-state index in [1.807, 2.05) is 13.8 Å². The molecule has 2 N–H and O–H groups in total. The summed E-state index contributed by atoms with van der Waals surface area (Å²) >= 11 is 0. The van der Waals surface area contributed by atoms with Gasteiger partial charge in [0.2, 0.25) is 0 Å². The van der Waals surface area contributed by atoms with Gasteiger partial charge in [0.15, 0.2) is 0 Å². The van der Waals surface area contributed by atoms with Gasteiger partial charge in [0.1, 0.15) is 5.82 Å². The molecule has 0 fully saturated rings. The molecule has 1 aromatic heterocycles. The third-order valence-electron chi connectivity index (χ3n) is 0.859. The van der Waals surface area contributed by atoms with E-state index in [1.54, 1.807) is 12.4 Å². The van der Waals surface area contributed by atoms with Crippen LogP contribution in [-0.2, 0) is 0 Å². The lowest BCUT2D eigenvalue weighted by molar-refractivity contribution is 0.295. The van der Waals surface area contributed by atoms with Crippen molar-refractivity contribution in [2.75, 3.05) is 6.61 Å². The Morgan fingerprint density at radius 1 is 1.70 bits per heavy atom. The maximum atomic E-state index is 7.88. The van der Waals surface area contributed by atoms with Gasteiger partial charge < -0.3 is 10.1 Å². The molecule has 1 aromatic rings. The van der Waals surface area contributed by atoms with Crippen molar-refractivity contribution in [3.8, 4) is 0 Å². The van der Waals surface area contributed by atoms with Gasteiger partial charge in [-0.3, -0.25) is 0 Å². The van der Waals surface area contributed by atoms with Gasteiger partial charge in [-0.2, -0.15) is 0 Å². The fourth-order valence-electron chi connectivity index (χ4n) is 0.344. The first kappa shape index (κ1) is 9.17. The number of aromatic nitrogens is 2. The maximum absolute atomic E-state index is 7.88. The van der Waals surface area contributed by atoms with Crippen LogP contribution in [0.1, 0.15) is 19.2 Å². The molecule has 0 aliphatic rings. The zero-order valence-electron chi connectivity index (χ0n) is 6.46. The van der Waals surface area contributed by atoms with E-state index in [0.29, 0.717) is 6.61 Å². The van der Waals surface area contributed by atoms with Gasteiger partial charge in [0.25, 0.3) is 0 Å². The molecular weight excluding hydrogens is 128 g/mol. The molecule has 0 saturated heterocycles. The van der Waals surface area contributed by atoms with E-state index >= 15 is 0 Å². The summed E-state index contributed by atoms with van der Waals surface area (Å²) in [5, 5.41) is 7.88. The SMILES string of the molecule is CCCO.Cc1ncc[nH]1. The number of hydrogen-bond acceptors (Lipinski definition) is 2. The summed E-state index contributed by atoms with van der Waals surface area (Å²) in [6.45, 7) is 4.17. The third kappa shape index (κ3) is 5.31. The molecule has 58 valence electrons. The topological polar surface area (TPSA) is 48.9 Å². The molecule has 0 radical (unpaired) electrons. The van der Waals surface area contributed by atoms with Crippen molar-refractivity contribution in [3.63, 3.8) is 0 Å². The van der Waals surface area contributed by atoms with Gasteiger partial charge in [0.05, 0.1) is 0 Å². The largest absolute Gasteiger partial charge is 0.396 e. The zero-order chi connectivity index (χ0) is 7.82. The first-order chi connectivity index (χ1) is 4.81. The minimum absolute atomic E-state index is 0.319. The number of aliphatic hydroxyl groups excluding tert-OH is 1. The summed E-state index contributed by atoms with van der Waals surface area (Å²) in [7, 11) is 0. The van der Waals surface area contributed by atoms with Gasteiger partial charge in [-0.15, -0.1) is 0 Å². The molecule has 3 nitrogen and oxygen atoms in total. The van der Waals surface area contributed by atoms with Crippen LogP contribution in [0.4, 0.5) is 0 Å². The lowest BCUT2D eigenvalue weighted by Gasteiger charge is -1.69. The highest BCUT2D eigenvalue weighted by molar-refractivity contribution is 4.80. The highest BCUT2D eigenvalue weighted by Crippen LogP contribution is 1.78. The second kappa shape index (κ2) is 6.29. The predicted molar refractivity (Wildman–Crippen MR) is 40.7 cm³/mol. The predicted octanol–water partition coefficient (Wildman–Crippen LogP) is 1.11. The van der Waals surface area contributed by atoms with E-state index in [1.165, 1.54) is 0 Å². The van der Waals surface area contributed by atoms with Gasteiger partial charge >= 0.3 is 0 Å². The Balaban J connectivity index is 0.000000180. The number of nitrogens with zero attached hydrogens (tertiary/aromatic N) is 1. The van der Waals surface area contributed by atoms with Crippen LogP contribution < -0.4 is 0 Å². The molecule has 0 bridgehead atoms. The van der Waals surface area contributed by atoms with E-state index in [9.17, 15) is 0 Å². The van der Waals surface area contributed by atoms with Crippen LogP contribution in [0.15, 0.2) is 12.4 Å². The maximum Gasteiger partial charge on any atom is 0.102 e. The van der Waals surface area contributed by atoms with Crippen LogP contribution in [0, 0.1) is 6.92 Å². The van der Waals surface area contributed by atoms with Crippen molar-refractivity contribution in [2.45, 2.75) is 20.3 Å². The van der Waals surface area contributed by atoms with E-state index in [-0.39, 0.29) is 0 Å². The minimum atomic E-state index is 0.319. The molecule has 3 heteroatoms. The van der Waals surface area contributed by atoms with E-state index in [4.69, 9.17) is 5.11 Å². The number of aryl methyl sites for hydroxylation is 1. The molecule has 0 aromatic carbocycles. The lowest BCUT2D eigenvalue weighted by Crippen LogP contribution is -1.69. The minimum Gasteiger partial charge on any atom is -0.396 e. The van der Waals surface area contributed by atoms with Gasteiger partial charge in [-0.05, 0) is 13.3 Å². The van der Waals surface area contributed by atoms with Crippen LogP contribution in [0.3, 0.4) is 0 Å². The molecule has 0 spiro atoms. The Bertz CT molecular complexity index is 135. The molecule has 0 aliphatic carbocycles. The fourth-order valence-corrected chi connectivity index (χ4v) is 0.344. The van der Waals surface area contributed by atoms with Crippen LogP contribution in [0.25, 0.3) is 0 Å². The molecule has 0 unspecified atom stereocenters. The Hall–Kier alpha value is -0.830. The summed E-state index contributed by atoms with van der Waals surface area (Å²) in [5.74, 6) is 0.968. The Labute approximate surface area is 61.1 Å². The third-order valence-corrected chi connectivity index (χ3v) is 0.859. The smallest absolute Gasteiger partial charge is 0.102 e. The summed E-state index contributed by atoms with van der Waals surface area (Å²) in [6, 6.07) is 0. The molecular formula is C7H14N2O. The number of H-pyrrole nitrogens is 1. The molecule has 10 heavy (non-hydrogen) atoms. The number of hydrogen-bond donors (Lipinski definition) is 2. The highest BCUT2D eigenvalue weighted by Gasteiger charge is 1.73. The molecule has 1 heterocycles. The summed E-state index contributed by atoms with van der Waals surface area (Å²) in [4.78, 5) is 6.75. The number of nitrogens with one attached hydrogen (secondary N) is 1. The van der Waals surface area contributed by atoms with Gasteiger partial charge in [-0.25, -0.2) is 4.98 Å². The summed E-state index contributed by atoms with van der Waals surface area (Å²) in [5.41, 5.74) is 0. The number of aromatic amines is 1. The normalized spacial score (nSPS) is 8.30. The number of imidazole rings is 1. The zero-order valence-corrected chi connectivity index (χ0v) is 6.46. The van der Waals surface area contributed by atoms with Gasteiger partial charge in [0, 0.05) is 19.0 Å². The van der Waals surface area contributed by atoms with E-state index < -0.39 is 0 Å². The second-order valence-electron chi connectivity index (χ2n) is 1.90. The van der Waals surface area contributed by atoms with Crippen LogP contribution >= 0.6 is 0 Å². The monoisotopic (exact) mass is 142 g/mol. The first-order valence-corrected chi connectivity index (χ1v) is 3.38. The van der Waals surface area contributed by atoms with Crippen LogP contribution in [0.5, 0.6) is 0 Å². The molecule has 0 aliphatic heterocycles. The Morgan fingerprint density at radius 3 is 2.40 bits per heavy atom. The molecule has 1 rings (SSSR count). The second-order valence-corrected chi connectivity index (χ2v) is 1.90. The quantitative estimate of drug-likeness (QED) is 0.617. The van der Waals surface area contributed by atoms with Gasteiger partial charge in [-0.1, -0.05) is 6.92 Å². The highest BCUT2D eigenvalue weighted by atomic mass is 16.2. The first-order valence-electron chi connectivity index (χ1n) is 3.38. The summed E-state index contributed by atoms with van der Waals surface area (Å²) < 4.78 is 0. The average Bonchev–Trinajstić information content (AvgIpc) is 2.40. The lowest BCUT2D eigenvalue weighted by atomic mass is 10.5. The van der Waals surface area contributed by atoms with E-state index in [0.717, 1.165) is 12.2 Å². The van der Waals surface area contributed by atoms with Crippen LogP contribution in [0.2, 0.25) is 0 Å². The molecule has 0 atom stereocenters. The van der Waals surface area contributed by atoms with Crippen LogP contribution in [-0.4, -0.2) is 21.7 Å². The Kier molecular flexibility index (Phi) is 5.77. The number of rotatable bonds is 1. The molecule has 0 saturated carbocycles. The standard InChI is InChI=1S/C4H6N2.C3H8O/c1-4-5-2-3-6-4;1-2-3-4/h2-3H,1H3,(H,5,6);4H,2-3H2,1H3. The number of aliphatic hydroxyl groups is 1. The van der Waals surface area contributed by atoms with Crippen molar-refractivity contribution in [1.82, 2.24) is 9.97 Å². The Morgan fingerprint density at radius 2 is 2.30 bits per heavy atom. The van der Waals surface area contributed by atoms with Crippen molar-refractivity contribution in [3.05, 3.63) is 18.2 Å². The van der Waals surface area contributed by atoms with E-state index in [2.05, 4.69) is 9.97 Å². The van der Waals surface area contributed by atoms with Crippen molar-refractivity contribution in [2.24, 2.45) is 0 Å². The van der Waals surface area contributed by atoms with Crippen molar-refractivity contribution < 1.29 is 5.11 Å². The fraction of sp³-hybridized carbons (Fsp3) is 0.571. The van der Waals surface area contributed by atoms with Crippen molar-refractivity contribution >= 4 is 0 Å². The summed E-state index contributed by atoms with van der Waals surface area (Å²) in [6.07, 6.45) is 4.41. The molecule has 0 amide bonds.